The lowest BCUT2D eigenvalue weighted by Crippen LogP contribution is -2.61. The third-order valence-electron chi connectivity index (χ3n) is 6.64. The Bertz CT molecular complexity index is 842. The first-order chi connectivity index (χ1) is 15.6. The molecular formula is C27H38N2O3. The molecule has 1 heterocycles. The molecule has 0 unspecified atom stereocenters. The number of carbonyl (C=O) groups excluding carboxylic acids is 1. The van der Waals surface area contributed by atoms with Gasteiger partial charge in [0.15, 0.2) is 0 Å². The summed E-state index contributed by atoms with van der Waals surface area (Å²) < 4.78 is 10.7. The lowest BCUT2D eigenvalue weighted by molar-refractivity contribution is -0.143. The average molecular weight is 439 g/mol. The first-order valence-corrected chi connectivity index (χ1v) is 12.0. The monoisotopic (exact) mass is 438 g/mol. The fraction of sp³-hybridized carbons (Fsp3) is 0.519. The van der Waals surface area contributed by atoms with Gasteiger partial charge in [-0.1, -0.05) is 55.0 Å². The maximum Gasteiger partial charge on any atom is 0.305 e. The molecule has 174 valence electrons. The summed E-state index contributed by atoms with van der Waals surface area (Å²) in [6.45, 7) is 4.22. The zero-order chi connectivity index (χ0) is 22.8. The summed E-state index contributed by atoms with van der Waals surface area (Å²) in [6.07, 6.45) is 6.48. The third kappa shape index (κ3) is 5.90. The van der Waals surface area contributed by atoms with E-state index in [0.29, 0.717) is 13.0 Å². The molecular weight excluding hydrogens is 400 g/mol. The average Bonchev–Trinajstić information content (AvgIpc) is 2.82. The quantitative estimate of drug-likeness (QED) is 0.400. The molecule has 32 heavy (non-hydrogen) atoms. The van der Waals surface area contributed by atoms with Crippen molar-refractivity contribution < 1.29 is 14.3 Å². The van der Waals surface area contributed by atoms with Crippen LogP contribution in [0.2, 0.25) is 0 Å². The number of rotatable bonds is 11. The number of unbranched alkanes of at least 4 members (excludes halogenated alkanes) is 2. The lowest BCUT2D eigenvalue weighted by Gasteiger charge is -2.50. The lowest BCUT2D eigenvalue weighted by atomic mass is 9.75. The molecule has 2 aromatic carbocycles. The molecule has 1 aliphatic rings. The first-order valence-electron chi connectivity index (χ1n) is 12.0. The van der Waals surface area contributed by atoms with Crippen molar-refractivity contribution in [1.82, 2.24) is 4.90 Å². The zero-order valence-electron chi connectivity index (χ0n) is 19.6. The summed E-state index contributed by atoms with van der Waals surface area (Å²) in [6, 6.07) is 18.8. The van der Waals surface area contributed by atoms with Gasteiger partial charge in [-0.05, 0) is 62.1 Å². The van der Waals surface area contributed by atoms with Crippen LogP contribution in [0.4, 0.5) is 0 Å². The van der Waals surface area contributed by atoms with Gasteiger partial charge in [0.05, 0.1) is 19.4 Å². The number of esters is 1. The topological polar surface area (TPSA) is 64.8 Å². The van der Waals surface area contributed by atoms with Gasteiger partial charge in [0, 0.05) is 19.5 Å². The Labute approximate surface area is 192 Å². The Morgan fingerprint density at radius 2 is 1.84 bits per heavy atom. The number of methoxy groups -OCH3 is 1. The van der Waals surface area contributed by atoms with Crippen LogP contribution in [0.25, 0.3) is 0 Å². The molecule has 2 N–H and O–H groups in total. The van der Waals surface area contributed by atoms with Crippen LogP contribution in [0.1, 0.15) is 56.6 Å². The minimum atomic E-state index is -0.526. The fourth-order valence-corrected chi connectivity index (χ4v) is 4.99. The Kier molecular flexibility index (Phi) is 9.12. The number of benzene rings is 2. The van der Waals surface area contributed by atoms with Gasteiger partial charge in [-0.25, -0.2) is 0 Å². The number of nitrogens with zero attached hydrogens (tertiary/aromatic N) is 1. The van der Waals surface area contributed by atoms with Crippen LogP contribution in [-0.4, -0.2) is 37.7 Å². The summed E-state index contributed by atoms with van der Waals surface area (Å²) in [4.78, 5) is 14.1. The highest BCUT2D eigenvalue weighted by Crippen LogP contribution is 2.41. The van der Waals surface area contributed by atoms with E-state index in [2.05, 4.69) is 41.3 Å². The van der Waals surface area contributed by atoms with E-state index in [-0.39, 0.29) is 11.9 Å². The van der Waals surface area contributed by atoms with Crippen molar-refractivity contribution in [3.63, 3.8) is 0 Å². The second kappa shape index (κ2) is 12.0. The van der Waals surface area contributed by atoms with Gasteiger partial charge in [-0.15, -0.1) is 0 Å². The molecule has 0 spiro atoms. The van der Waals surface area contributed by atoms with E-state index < -0.39 is 5.66 Å². The van der Waals surface area contributed by atoms with E-state index in [1.165, 1.54) is 11.1 Å². The van der Waals surface area contributed by atoms with Crippen LogP contribution in [0.15, 0.2) is 54.6 Å². The Morgan fingerprint density at radius 3 is 2.59 bits per heavy atom. The molecule has 5 heteroatoms. The van der Waals surface area contributed by atoms with Gasteiger partial charge >= 0.3 is 5.97 Å². The number of piperidine rings is 1. The van der Waals surface area contributed by atoms with Crippen molar-refractivity contribution in [2.45, 2.75) is 57.5 Å². The molecule has 1 aliphatic heterocycles. The molecule has 2 aromatic rings. The number of hydrogen-bond donors (Lipinski definition) is 1. The van der Waals surface area contributed by atoms with E-state index in [1.807, 2.05) is 25.1 Å². The highest BCUT2D eigenvalue weighted by molar-refractivity contribution is 5.69. The second-order valence-corrected chi connectivity index (χ2v) is 8.65. The van der Waals surface area contributed by atoms with Crippen molar-refractivity contribution in [2.75, 3.05) is 26.8 Å². The molecule has 0 amide bonds. The summed E-state index contributed by atoms with van der Waals surface area (Å²) in [5.41, 5.74) is 9.18. The summed E-state index contributed by atoms with van der Waals surface area (Å²) in [7, 11) is 1.73. The normalized spacial score (nSPS) is 21.3. The van der Waals surface area contributed by atoms with Crippen LogP contribution in [-0.2, 0) is 21.6 Å². The summed E-state index contributed by atoms with van der Waals surface area (Å²) >= 11 is 0. The molecule has 1 fully saturated rings. The summed E-state index contributed by atoms with van der Waals surface area (Å²) in [5, 5.41) is 0. The van der Waals surface area contributed by atoms with Crippen LogP contribution in [0.5, 0.6) is 5.75 Å². The number of carbonyl (C=O) groups is 1. The number of ether oxygens (including phenoxy) is 2. The molecule has 2 atom stereocenters. The van der Waals surface area contributed by atoms with Crippen molar-refractivity contribution in [3.05, 3.63) is 65.7 Å². The van der Waals surface area contributed by atoms with Crippen molar-refractivity contribution >= 4 is 5.97 Å². The van der Waals surface area contributed by atoms with E-state index in [1.54, 1.807) is 7.11 Å². The number of para-hydroxylation sites is 1. The van der Waals surface area contributed by atoms with Gasteiger partial charge < -0.3 is 15.2 Å². The molecule has 1 saturated heterocycles. The minimum Gasteiger partial charge on any atom is -0.496 e. The van der Waals surface area contributed by atoms with Crippen LogP contribution in [0, 0.1) is 5.92 Å². The number of nitrogens with two attached hydrogens (primary N) is 1. The van der Waals surface area contributed by atoms with Crippen molar-refractivity contribution in [2.24, 2.45) is 11.7 Å². The largest absolute Gasteiger partial charge is 0.496 e. The highest BCUT2D eigenvalue weighted by atomic mass is 16.5. The molecule has 0 aromatic heterocycles. The molecule has 5 nitrogen and oxygen atoms in total. The van der Waals surface area contributed by atoms with E-state index in [4.69, 9.17) is 15.2 Å². The van der Waals surface area contributed by atoms with Gasteiger partial charge in [-0.3, -0.25) is 9.69 Å². The Balaban J connectivity index is 1.73. The predicted octanol–water partition coefficient (Wildman–Crippen LogP) is 4.88. The molecule has 0 aliphatic carbocycles. The van der Waals surface area contributed by atoms with Crippen molar-refractivity contribution in [1.29, 1.82) is 0 Å². The molecule has 0 bridgehead atoms. The maximum absolute atomic E-state index is 11.6. The SMILES string of the molecule is CCOC(=O)CCCCCN1CCC[C@@H](Cc2ccccc2OC)[C@@]1(N)c1ccccc1. The Hall–Kier alpha value is -2.37. The minimum absolute atomic E-state index is 0.0974. The van der Waals surface area contributed by atoms with E-state index in [9.17, 15) is 4.79 Å². The standard InChI is InChI=1S/C27H38N2O3/c1-3-32-26(30)18-8-5-11-19-29-20-12-16-24(21-22-13-9-10-17-25(22)31-2)27(29,28)23-14-6-4-7-15-23/h4,6-7,9-10,13-15,17,24H,3,5,8,11-12,16,18-21,28H2,1-2H3/t24-,27+/m0/s1. The first kappa shape index (κ1) is 24.3. The van der Waals surface area contributed by atoms with Crippen LogP contribution >= 0.6 is 0 Å². The molecule has 3 rings (SSSR count). The maximum atomic E-state index is 11.6. The smallest absolute Gasteiger partial charge is 0.305 e. The predicted molar refractivity (Wildman–Crippen MR) is 128 cm³/mol. The Morgan fingerprint density at radius 1 is 1.09 bits per heavy atom. The van der Waals surface area contributed by atoms with Gasteiger partial charge in [0.25, 0.3) is 0 Å². The second-order valence-electron chi connectivity index (χ2n) is 8.65. The third-order valence-corrected chi connectivity index (χ3v) is 6.64. The zero-order valence-corrected chi connectivity index (χ0v) is 19.6. The van der Waals surface area contributed by atoms with E-state index >= 15 is 0 Å². The number of likely N-dealkylation sites (tertiary alicyclic amines) is 1. The van der Waals surface area contributed by atoms with Gasteiger partial charge in [0.2, 0.25) is 0 Å². The number of hydrogen-bond acceptors (Lipinski definition) is 5. The van der Waals surface area contributed by atoms with E-state index in [0.717, 1.165) is 57.4 Å². The fourth-order valence-electron chi connectivity index (χ4n) is 4.99. The van der Waals surface area contributed by atoms with Crippen LogP contribution < -0.4 is 10.5 Å². The van der Waals surface area contributed by atoms with Gasteiger partial charge in [-0.2, -0.15) is 0 Å². The summed E-state index contributed by atoms with van der Waals surface area (Å²) in [5.74, 6) is 1.12. The highest BCUT2D eigenvalue weighted by Gasteiger charge is 2.44. The van der Waals surface area contributed by atoms with Crippen molar-refractivity contribution in [3.8, 4) is 5.75 Å². The molecule has 0 saturated carbocycles. The van der Waals surface area contributed by atoms with Crippen LogP contribution in [0.3, 0.4) is 0 Å². The van der Waals surface area contributed by atoms with Gasteiger partial charge in [0.1, 0.15) is 5.75 Å². The molecule has 0 radical (unpaired) electrons.